The number of hydrogen-bond acceptors (Lipinski definition) is 2. The quantitative estimate of drug-likeness (QED) is 0.283. The summed E-state index contributed by atoms with van der Waals surface area (Å²) in [5.41, 5.74) is 2.42. The van der Waals surface area contributed by atoms with Crippen molar-refractivity contribution in [1.82, 2.24) is 20.5 Å². The Morgan fingerprint density at radius 1 is 1.17 bits per heavy atom. The zero-order valence-corrected chi connectivity index (χ0v) is 19.6. The number of nitrogens with zero attached hydrogens (tertiary/aromatic N) is 2. The molecule has 1 aromatic carbocycles. The Balaban J connectivity index is 0.00000320. The first-order chi connectivity index (χ1) is 13.9. The predicted molar refractivity (Wildman–Crippen MR) is 127 cm³/mol. The average Bonchev–Trinajstić information content (AvgIpc) is 3.10. The summed E-state index contributed by atoms with van der Waals surface area (Å²) in [4.78, 5) is 9.05. The van der Waals surface area contributed by atoms with Crippen molar-refractivity contribution in [2.45, 2.75) is 31.9 Å². The minimum atomic E-state index is -4.10. The summed E-state index contributed by atoms with van der Waals surface area (Å²) in [6.07, 6.45) is 1.44. The summed E-state index contributed by atoms with van der Waals surface area (Å²) < 4.78 is 37.4. The van der Waals surface area contributed by atoms with Crippen LogP contribution in [0.25, 0.3) is 10.9 Å². The SMILES string of the molecule is CN=C(NCCc1c[nH]c2ccccc12)NCCC1CCN(CC(F)(F)F)CC1.I. The standard InChI is InChI=1S/C21H30F3N5.HI/c1-25-20(27-11-7-17-14-28-19-5-3-2-4-18(17)19)26-10-6-16-8-12-29(13-9-16)15-21(22,23)24;/h2-5,14,16,28H,6-13,15H2,1H3,(H2,25,26,27);1H. The minimum Gasteiger partial charge on any atom is -0.361 e. The van der Waals surface area contributed by atoms with Crippen molar-refractivity contribution in [2.24, 2.45) is 10.9 Å². The molecule has 0 aliphatic carbocycles. The second kappa shape index (κ2) is 11.8. The van der Waals surface area contributed by atoms with Crippen molar-refractivity contribution in [3.63, 3.8) is 0 Å². The molecule has 0 unspecified atom stereocenters. The normalized spacial score (nSPS) is 16.5. The molecule has 2 aromatic rings. The Labute approximate surface area is 192 Å². The Kier molecular flexibility index (Phi) is 9.73. The average molecular weight is 537 g/mol. The maximum atomic E-state index is 12.5. The number of fused-ring (bicyclic) bond motifs is 1. The van der Waals surface area contributed by atoms with E-state index in [9.17, 15) is 13.2 Å². The Morgan fingerprint density at radius 3 is 2.57 bits per heavy atom. The van der Waals surface area contributed by atoms with Crippen LogP contribution in [0.3, 0.4) is 0 Å². The Hall–Kier alpha value is -1.49. The Morgan fingerprint density at radius 2 is 1.87 bits per heavy atom. The number of alkyl halides is 3. The molecule has 3 rings (SSSR count). The van der Waals surface area contributed by atoms with Crippen molar-refractivity contribution in [3.05, 3.63) is 36.0 Å². The van der Waals surface area contributed by atoms with Crippen LogP contribution in [0.4, 0.5) is 13.2 Å². The van der Waals surface area contributed by atoms with Gasteiger partial charge in [-0.25, -0.2) is 0 Å². The van der Waals surface area contributed by atoms with Crippen molar-refractivity contribution in [1.29, 1.82) is 0 Å². The first kappa shape index (κ1) is 24.8. The number of aromatic amines is 1. The maximum Gasteiger partial charge on any atom is 0.401 e. The molecule has 9 heteroatoms. The molecule has 0 bridgehead atoms. The lowest BCUT2D eigenvalue weighted by Crippen LogP contribution is -2.42. The van der Waals surface area contributed by atoms with Crippen LogP contribution < -0.4 is 10.6 Å². The number of piperidine rings is 1. The molecule has 0 amide bonds. The van der Waals surface area contributed by atoms with E-state index in [0.29, 0.717) is 19.0 Å². The minimum absolute atomic E-state index is 0. The number of aromatic nitrogens is 1. The van der Waals surface area contributed by atoms with Crippen LogP contribution in [0.5, 0.6) is 0 Å². The van der Waals surface area contributed by atoms with E-state index in [2.05, 4.69) is 32.7 Å². The van der Waals surface area contributed by atoms with E-state index in [1.54, 1.807) is 7.05 Å². The van der Waals surface area contributed by atoms with Crippen LogP contribution in [0.15, 0.2) is 35.5 Å². The first-order valence-electron chi connectivity index (χ1n) is 10.2. The van der Waals surface area contributed by atoms with Crippen molar-refractivity contribution < 1.29 is 13.2 Å². The number of hydrogen-bond donors (Lipinski definition) is 3. The summed E-state index contributed by atoms with van der Waals surface area (Å²) in [6, 6.07) is 8.25. The van der Waals surface area contributed by atoms with Gasteiger partial charge in [0.05, 0.1) is 6.54 Å². The van der Waals surface area contributed by atoms with Gasteiger partial charge < -0.3 is 15.6 Å². The predicted octanol–water partition coefficient (Wildman–Crippen LogP) is 4.16. The molecule has 1 aliphatic rings. The third-order valence-electron chi connectivity index (χ3n) is 5.54. The van der Waals surface area contributed by atoms with E-state index in [-0.39, 0.29) is 24.0 Å². The fraction of sp³-hybridized carbons (Fsp3) is 0.571. The Bertz CT molecular complexity index is 797. The van der Waals surface area contributed by atoms with E-state index in [4.69, 9.17) is 0 Å². The van der Waals surface area contributed by atoms with Crippen molar-refractivity contribution in [3.8, 4) is 0 Å². The fourth-order valence-electron chi connectivity index (χ4n) is 3.96. The second-order valence-electron chi connectivity index (χ2n) is 7.66. The maximum absolute atomic E-state index is 12.5. The topological polar surface area (TPSA) is 55.5 Å². The van der Waals surface area contributed by atoms with E-state index in [1.807, 2.05) is 18.3 Å². The zero-order chi connectivity index (χ0) is 20.7. The van der Waals surface area contributed by atoms with Gasteiger partial charge in [0, 0.05) is 37.2 Å². The molecule has 1 aromatic heterocycles. The number of aliphatic imine (C=N–C) groups is 1. The number of H-pyrrole nitrogens is 1. The third-order valence-corrected chi connectivity index (χ3v) is 5.54. The summed E-state index contributed by atoms with van der Waals surface area (Å²) >= 11 is 0. The van der Waals surface area contributed by atoms with Gasteiger partial charge in [-0.05, 0) is 56.3 Å². The van der Waals surface area contributed by atoms with Gasteiger partial charge >= 0.3 is 6.18 Å². The van der Waals surface area contributed by atoms with Crippen LogP contribution in [-0.4, -0.2) is 61.8 Å². The lowest BCUT2D eigenvalue weighted by molar-refractivity contribution is -0.148. The number of nitrogens with one attached hydrogen (secondary N) is 3. The highest BCUT2D eigenvalue weighted by molar-refractivity contribution is 14.0. The molecule has 1 fully saturated rings. The number of halogens is 4. The van der Waals surface area contributed by atoms with E-state index >= 15 is 0 Å². The molecule has 168 valence electrons. The molecule has 1 aliphatic heterocycles. The highest BCUT2D eigenvalue weighted by Crippen LogP contribution is 2.24. The van der Waals surface area contributed by atoms with Gasteiger partial charge in [-0.15, -0.1) is 24.0 Å². The van der Waals surface area contributed by atoms with Crippen LogP contribution in [-0.2, 0) is 6.42 Å². The van der Waals surface area contributed by atoms with Gasteiger partial charge in [0.2, 0.25) is 0 Å². The van der Waals surface area contributed by atoms with Gasteiger partial charge in [-0.2, -0.15) is 13.2 Å². The van der Waals surface area contributed by atoms with Gasteiger partial charge in [-0.3, -0.25) is 9.89 Å². The summed E-state index contributed by atoms with van der Waals surface area (Å²) in [7, 11) is 1.75. The molecule has 0 saturated carbocycles. The molecule has 2 heterocycles. The van der Waals surface area contributed by atoms with Gasteiger partial charge in [0.25, 0.3) is 0 Å². The van der Waals surface area contributed by atoms with Crippen LogP contribution in [0, 0.1) is 5.92 Å². The van der Waals surface area contributed by atoms with E-state index in [0.717, 1.165) is 50.2 Å². The summed E-state index contributed by atoms with van der Waals surface area (Å²) in [5, 5.41) is 7.90. The number of likely N-dealkylation sites (tertiary alicyclic amines) is 1. The van der Waals surface area contributed by atoms with Crippen LogP contribution in [0.2, 0.25) is 0 Å². The number of rotatable bonds is 7. The number of para-hydroxylation sites is 1. The monoisotopic (exact) mass is 537 g/mol. The molecule has 0 spiro atoms. The lowest BCUT2D eigenvalue weighted by atomic mass is 9.93. The molecule has 3 N–H and O–H groups in total. The zero-order valence-electron chi connectivity index (χ0n) is 17.3. The van der Waals surface area contributed by atoms with Crippen LogP contribution >= 0.6 is 24.0 Å². The molecule has 5 nitrogen and oxygen atoms in total. The van der Waals surface area contributed by atoms with Crippen molar-refractivity contribution in [2.75, 3.05) is 39.8 Å². The second-order valence-corrected chi connectivity index (χ2v) is 7.66. The van der Waals surface area contributed by atoms with Gasteiger partial charge in [-0.1, -0.05) is 18.2 Å². The van der Waals surface area contributed by atoms with Gasteiger partial charge in [0.15, 0.2) is 5.96 Å². The van der Waals surface area contributed by atoms with E-state index < -0.39 is 12.7 Å². The number of guanidine groups is 1. The summed E-state index contributed by atoms with van der Waals surface area (Å²) in [6.45, 7) is 1.82. The van der Waals surface area contributed by atoms with Crippen LogP contribution in [0.1, 0.15) is 24.8 Å². The summed E-state index contributed by atoms with van der Waals surface area (Å²) in [5.74, 6) is 1.23. The van der Waals surface area contributed by atoms with Gasteiger partial charge in [0.1, 0.15) is 0 Å². The molecule has 0 radical (unpaired) electrons. The van der Waals surface area contributed by atoms with Crippen molar-refractivity contribution >= 4 is 40.8 Å². The molecular weight excluding hydrogens is 506 g/mol. The smallest absolute Gasteiger partial charge is 0.361 e. The highest BCUT2D eigenvalue weighted by atomic mass is 127. The largest absolute Gasteiger partial charge is 0.401 e. The fourth-order valence-corrected chi connectivity index (χ4v) is 3.96. The lowest BCUT2D eigenvalue weighted by Gasteiger charge is -2.32. The highest BCUT2D eigenvalue weighted by Gasteiger charge is 2.32. The van der Waals surface area contributed by atoms with E-state index in [1.165, 1.54) is 15.8 Å². The number of benzene rings is 1. The molecule has 30 heavy (non-hydrogen) atoms. The third kappa shape index (κ3) is 7.64. The molecule has 0 atom stereocenters. The molecule has 1 saturated heterocycles. The molecular formula is C21H31F3IN5. The first-order valence-corrected chi connectivity index (χ1v) is 10.2.